The average molecular weight is 333 g/mol. The molecule has 0 unspecified atom stereocenters. The van der Waals surface area contributed by atoms with E-state index in [2.05, 4.69) is 0 Å². The van der Waals surface area contributed by atoms with Gasteiger partial charge in [0, 0.05) is 11.6 Å². The van der Waals surface area contributed by atoms with Gasteiger partial charge in [0.05, 0.1) is 17.6 Å². The molecular formula is C16H12FNO6. The van der Waals surface area contributed by atoms with Gasteiger partial charge in [-0.15, -0.1) is 0 Å². The molecule has 0 aliphatic rings. The fourth-order valence-corrected chi connectivity index (χ4v) is 1.89. The van der Waals surface area contributed by atoms with E-state index < -0.39 is 34.8 Å². The summed E-state index contributed by atoms with van der Waals surface area (Å²) in [6.07, 6.45) is 0. The first-order valence-electron chi connectivity index (χ1n) is 6.70. The number of nitro benzene ring substituents is 1. The maximum atomic E-state index is 12.8. The van der Waals surface area contributed by atoms with E-state index in [1.165, 1.54) is 31.4 Å². The molecule has 0 aromatic heterocycles. The van der Waals surface area contributed by atoms with Crippen LogP contribution in [0.4, 0.5) is 10.1 Å². The number of Topliss-reactive ketones (excluding diaryl/α,β-unsaturated/α-hetero) is 1. The number of ether oxygens (including phenoxy) is 2. The average Bonchev–Trinajstić information content (AvgIpc) is 2.59. The molecule has 7 nitrogen and oxygen atoms in total. The molecule has 2 aromatic rings. The summed E-state index contributed by atoms with van der Waals surface area (Å²) in [7, 11) is 1.27. The fraction of sp³-hybridized carbons (Fsp3) is 0.125. The molecule has 0 bridgehead atoms. The van der Waals surface area contributed by atoms with E-state index in [1.54, 1.807) is 0 Å². The highest BCUT2D eigenvalue weighted by molar-refractivity contribution is 5.99. The van der Waals surface area contributed by atoms with E-state index in [0.29, 0.717) is 0 Å². The van der Waals surface area contributed by atoms with Crippen molar-refractivity contribution in [2.45, 2.75) is 0 Å². The second-order valence-corrected chi connectivity index (χ2v) is 4.65. The molecule has 0 amide bonds. The minimum absolute atomic E-state index is 0.000983. The number of rotatable bonds is 6. The molecule has 124 valence electrons. The van der Waals surface area contributed by atoms with Gasteiger partial charge < -0.3 is 9.47 Å². The molecule has 0 atom stereocenters. The number of methoxy groups -OCH3 is 1. The number of carbonyl (C=O) groups excluding carboxylic acids is 2. The molecular weight excluding hydrogens is 321 g/mol. The van der Waals surface area contributed by atoms with Gasteiger partial charge in [-0.25, -0.2) is 9.18 Å². The highest BCUT2D eigenvalue weighted by Crippen LogP contribution is 2.27. The Labute approximate surface area is 135 Å². The van der Waals surface area contributed by atoms with E-state index in [1.807, 2.05) is 0 Å². The monoisotopic (exact) mass is 333 g/mol. The number of nitrogens with zero attached hydrogens (tertiary/aromatic N) is 1. The minimum Gasteiger partial charge on any atom is -0.490 e. The Morgan fingerprint density at radius 3 is 2.33 bits per heavy atom. The highest BCUT2D eigenvalue weighted by atomic mass is 19.1. The third-order valence-electron chi connectivity index (χ3n) is 3.11. The summed E-state index contributed by atoms with van der Waals surface area (Å²) in [5, 5.41) is 10.9. The number of ketones is 1. The Morgan fingerprint density at radius 2 is 1.75 bits per heavy atom. The Hall–Kier alpha value is -3.29. The zero-order chi connectivity index (χ0) is 17.7. The summed E-state index contributed by atoms with van der Waals surface area (Å²) in [6, 6.07) is 8.31. The van der Waals surface area contributed by atoms with Crippen LogP contribution in [0.15, 0.2) is 42.5 Å². The normalized spacial score (nSPS) is 10.1. The standard InChI is InChI=1S/C16H12FNO6/c1-23-15-7-4-11(8-13(15)18(21)22)16(20)24-9-14(19)10-2-5-12(17)6-3-10/h2-8H,9H2,1H3. The van der Waals surface area contributed by atoms with Crippen molar-refractivity contribution in [2.24, 2.45) is 0 Å². The summed E-state index contributed by atoms with van der Waals surface area (Å²) in [5.74, 6) is -1.91. The Kier molecular flexibility index (Phi) is 5.20. The molecule has 0 fully saturated rings. The van der Waals surface area contributed by atoms with Crippen molar-refractivity contribution < 1.29 is 28.4 Å². The SMILES string of the molecule is COc1ccc(C(=O)OCC(=O)c2ccc(F)cc2)cc1[N+](=O)[O-]. The number of esters is 1. The van der Waals surface area contributed by atoms with Gasteiger partial charge in [0.2, 0.25) is 0 Å². The van der Waals surface area contributed by atoms with Crippen LogP contribution in [-0.4, -0.2) is 30.4 Å². The van der Waals surface area contributed by atoms with Gasteiger partial charge in [0.15, 0.2) is 18.1 Å². The van der Waals surface area contributed by atoms with E-state index in [-0.39, 0.29) is 16.9 Å². The molecule has 2 aromatic carbocycles. The van der Waals surface area contributed by atoms with Crippen LogP contribution in [0.3, 0.4) is 0 Å². The molecule has 0 aliphatic carbocycles. The van der Waals surface area contributed by atoms with Gasteiger partial charge in [0.25, 0.3) is 0 Å². The van der Waals surface area contributed by atoms with E-state index >= 15 is 0 Å². The van der Waals surface area contributed by atoms with Crippen LogP contribution in [0.25, 0.3) is 0 Å². The predicted molar refractivity (Wildman–Crippen MR) is 80.7 cm³/mol. The van der Waals surface area contributed by atoms with Gasteiger partial charge in [0.1, 0.15) is 5.82 Å². The van der Waals surface area contributed by atoms with Gasteiger partial charge in [-0.3, -0.25) is 14.9 Å². The summed E-state index contributed by atoms with van der Waals surface area (Å²) >= 11 is 0. The molecule has 0 saturated heterocycles. The number of halogens is 1. The van der Waals surface area contributed by atoms with Crippen molar-refractivity contribution in [2.75, 3.05) is 13.7 Å². The summed E-state index contributed by atoms with van der Waals surface area (Å²) in [5.41, 5.74) is -0.295. The molecule has 0 radical (unpaired) electrons. The van der Waals surface area contributed by atoms with Crippen LogP contribution in [-0.2, 0) is 4.74 Å². The lowest BCUT2D eigenvalue weighted by Crippen LogP contribution is -2.14. The lowest BCUT2D eigenvalue weighted by Gasteiger charge is -2.06. The topological polar surface area (TPSA) is 95.7 Å². The van der Waals surface area contributed by atoms with Crippen molar-refractivity contribution in [3.8, 4) is 5.75 Å². The molecule has 0 N–H and O–H groups in total. The zero-order valence-electron chi connectivity index (χ0n) is 12.5. The fourth-order valence-electron chi connectivity index (χ4n) is 1.89. The first kappa shape index (κ1) is 17.1. The summed E-state index contributed by atoms with van der Waals surface area (Å²) < 4.78 is 22.5. The molecule has 2 rings (SSSR count). The summed E-state index contributed by atoms with van der Waals surface area (Å²) in [4.78, 5) is 34.0. The van der Waals surface area contributed by atoms with Gasteiger partial charge in [-0.1, -0.05) is 0 Å². The first-order chi connectivity index (χ1) is 11.4. The minimum atomic E-state index is -0.892. The molecule has 0 heterocycles. The van der Waals surface area contributed by atoms with E-state index in [9.17, 15) is 24.1 Å². The van der Waals surface area contributed by atoms with Crippen LogP contribution in [0.1, 0.15) is 20.7 Å². The maximum absolute atomic E-state index is 12.8. The van der Waals surface area contributed by atoms with Crippen LogP contribution in [0.5, 0.6) is 5.75 Å². The maximum Gasteiger partial charge on any atom is 0.338 e. The van der Waals surface area contributed by atoms with Crippen molar-refractivity contribution in [3.05, 3.63) is 69.5 Å². The van der Waals surface area contributed by atoms with Crippen molar-refractivity contribution in [1.82, 2.24) is 0 Å². The van der Waals surface area contributed by atoms with Crippen molar-refractivity contribution >= 4 is 17.4 Å². The quantitative estimate of drug-likeness (QED) is 0.349. The second kappa shape index (κ2) is 7.32. The van der Waals surface area contributed by atoms with Gasteiger partial charge in [-0.2, -0.15) is 0 Å². The van der Waals surface area contributed by atoms with Gasteiger partial charge in [-0.05, 0) is 36.4 Å². The highest BCUT2D eigenvalue weighted by Gasteiger charge is 2.19. The number of hydrogen-bond acceptors (Lipinski definition) is 6. The van der Waals surface area contributed by atoms with Crippen molar-refractivity contribution in [1.29, 1.82) is 0 Å². The van der Waals surface area contributed by atoms with Gasteiger partial charge >= 0.3 is 11.7 Å². The Morgan fingerprint density at radius 1 is 1.12 bits per heavy atom. The Balaban J connectivity index is 2.07. The number of nitro groups is 1. The number of benzene rings is 2. The number of hydrogen-bond donors (Lipinski definition) is 0. The lowest BCUT2D eigenvalue weighted by molar-refractivity contribution is -0.385. The molecule has 8 heteroatoms. The zero-order valence-corrected chi connectivity index (χ0v) is 12.5. The van der Waals surface area contributed by atoms with E-state index in [4.69, 9.17) is 9.47 Å². The van der Waals surface area contributed by atoms with Crippen LogP contribution < -0.4 is 4.74 Å². The molecule has 0 aliphatic heterocycles. The third-order valence-corrected chi connectivity index (χ3v) is 3.11. The molecule has 0 spiro atoms. The summed E-state index contributed by atoms with van der Waals surface area (Å²) in [6.45, 7) is -0.565. The van der Waals surface area contributed by atoms with Crippen LogP contribution >= 0.6 is 0 Å². The molecule has 0 saturated carbocycles. The van der Waals surface area contributed by atoms with Crippen LogP contribution in [0.2, 0.25) is 0 Å². The Bertz CT molecular complexity index is 788. The number of carbonyl (C=O) groups is 2. The van der Waals surface area contributed by atoms with Crippen molar-refractivity contribution in [3.63, 3.8) is 0 Å². The van der Waals surface area contributed by atoms with E-state index in [0.717, 1.165) is 18.2 Å². The molecule has 24 heavy (non-hydrogen) atoms. The third kappa shape index (κ3) is 3.92. The first-order valence-corrected chi connectivity index (χ1v) is 6.70. The smallest absolute Gasteiger partial charge is 0.338 e. The largest absolute Gasteiger partial charge is 0.490 e. The second-order valence-electron chi connectivity index (χ2n) is 4.65. The lowest BCUT2D eigenvalue weighted by atomic mass is 10.1. The predicted octanol–water partition coefficient (Wildman–Crippen LogP) is 2.78. The van der Waals surface area contributed by atoms with Crippen LogP contribution in [0, 0.1) is 15.9 Å².